The van der Waals surface area contributed by atoms with Crippen molar-refractivity contribution in [3.63, 3.8) is 0 Å². The van der Waals surface area contributed by atoms with Gasteiger partial charge in [0.2, 0.25) is 5.91 Å². The minimum Gasteiger partial charge on any atom is -0.497 e. The standard InChI is InChI=1S/C27H31NO5/c1-18(2)15-31-24-14-13-23(21-7-5-6-8-22(21)24)28-26(29)27(3)16-32-25(33-17-27)19-9-11-20(30-4)12-10-19/h5-14,18,25H,15-17H2,1-4H3,(H,28,29). The third-order valence-electron chi connectivity index (χ3n) is 5.75. The summed E-state index contributed by atoms with van der Waals surface area (Å²) in [7, 11) is 1.63. The van der Waals surface area contributed by atoms with Crippen molar-refractivity contribution in [1.82, 2.24) is 0 Å². The number of rotatable bonds is 7. The van der Waals surface area contributed by atoms with E-state index in [0.717, 1.165) is 33.5 Å². The Hall–Kier alpha value is -3.09. The minimum absolute atomic E-state index is 0.142. The molecule has 6 nitrogen and oxygen atoms in total. The Morgan fingerprint density at radius 1 is 1.03 bits per heavy atom. The Bertz CT molecular complexity index is 1100. The Kier molecular flexibility index (Phi) is 6.86. The van der Waals surface area contributed by atoms with Gasteiger partial charge >= 0.3 is 0 Å². The molecule has 1 aliphatic heterocycles. The molecule has 1 saturated heterocycles. The molecule has 6 heteroatoms. The number of ether oxygens (including phenoxy) is 4. The molecule has 1 fully saturated rings. The topological polar surface area (TPSA) is 66.0 Å². The van der Waals surface area contributed by atoms with Crippen LogP contribution in [0, 0.1) is 11.3 Å². The molecule has 1 amide bonds. The molecule has 0 atom stereocenters. The van der Waals surface area contributed by atoms with Crippen molar-refractivity contribution >= 4 is 22.4 Å². The number of amides is 1. The summed E-state index contributed by atoms with van der Waals surface area (Å²) in [5.74, 6) is 1.87. The van der Waals surface area contributed by atoms with Crippen molar-refractivity contribution in [1.29, 1.82) is 0 Å². The van der Waals surface area contributed by atoms with Crippen LogP contribution in [-0.2, 0) is 14.3 Å². The SMILES string of the molecule is COc1ccc(C2OCC(C)(C(=O)Nc3ccc(OCC(C)C)c4ccccc34)CO2)cc1. The first kappa shape index (κ1) is 23.1. The molecule has 0 aliphatic carbocycles. The van der Waals surface area contributed by atoms with Crippen LogP contribution in [0.5, 0.6) is 11.5 Å². The van der Waals surface area contributed by atoms with Crippen LogP contribution in [0.2, 0.25) is 0 Å². The quantitative estimate of drug-likeness (QED) is 0.511. The zero-order valence-electron chi connectivity index (χ0n) is 19.6. The maximum Gasteiger partial charge on any atom is 0.235 e. The van der Waals surface area contributed by atoms with Gasteiger partial charge in [0, 0.05) is 22.0 Å². The lowest BCUT2D eigenvalue weighted by Crippen LogP contribution is -2.45. The van der Waals surface area contributed by atoms with E-state index < -0.39 is 11.7 Å². The second-order valence-corrected chi connectivity index (χ2v) is 9.10. The fraction of sp³-hybridized carbons (Fsp3) is 0.370. The summed E-state index contributed by atoms with van der Waals surface area (Å²) in [6, 6.07) is 19.3. The normalized spacial score (nSPS) is 20.6. The molecule has 1 N–H and O–H groups in total. The molecule has 0 unspecified atom stereocenters. The number of fused-ring (bicyclic) bond motifs is 1. The first-order valence-electron chi connectivity index (χ1n) is 11.2. The molecule has 174 valence electrons. The third-order valence-corrected chi connectivity index (χ3v) is 5.75. The first-order chi connectivity index (χ1) is 15.9. The monoisotopic (exact) mass is 449 g/mol. The zero-order valence-corrected chi connectivity index (χ0v) is 19.6. The lowest BCUT2D eigenvalue weighted by Gasteiger charge is -2.36. The number of carbonyl (C=O) groups is 1. The molecule has 33 heavy (non-hydrogen) atoms. The number of benzene rings is 3. The van der Waals surface area contributed by atoms with E-state index >= 15 is 0 Å². The second-order valence-electron chi connectivity index (χ2n) is 9.10. The van der Waals surface area contributed by atoms with Crippen LogP contribution in [0.25, 0.3) is 10.8 Å². The van der Waals surface area contributed by atoms with E-state index in [9.17, 15) is 4.79 Å². The lowest BCUT2D eigenvalue weighted by molar-refractivity contribution is -0.226. The highest BCUT2D eigenvalue weighted by Gasteiger charge is 2.40. The minimum atomic E-state index is -0.809. The van der Waals surface area contributed by atoms with Gasteiger partial charge < -0.3 is 24.3 Å². The highest BCUT2D eigenvalue weighted by molar-refractivity contribution is 6.05. The predicted octanol–water partition coefficient (Wildman–Crippen LogP) is 5.57. The van der Waals surface area contributed by atoms with Crippen LogP contribution in [-0.4, -0.2) is 32.8 Å². The number of hydrogen-bond donors (Lipinski definition) is 1. The maximum atomic E-state index is 13.2. The maximum absolute atomic E-state index is 13.2. The fourth-order valence-electron chi connectivity index (χ4n) is 3.73. The van der Waals surface area contributed by atoms with Gasteiger partial charge in [0.05, 0.1) is 32.3 Å². The number of hydrogen-bond acceptors (Lipinski definition) is 5. The molecule has 0 radical (unpaired) electrons. The number of carbonyl (C=O) groups excluding carboxylic acids is 1. The smallest absolute Gasteiger partial charge is 0.235 e. The first-order valence-corrected chi connectivity index (χ1v) is 11.2. The molecule has 3 aromatic rings. The Morgan fingerprint density at radius 2 is 1.70 bits per heavy atom. The summed E-state index contributed by atoms with van der Waals surface area (Å²) in [5.41, 5.74) is 0.823. The zero-order chi connectivity index (χ0) is 23.4. The van der Waals surface area contributed by atoms with Crippen molar-refractivity contribution in [2.75, 3.05) is 32.2 Å². The van der Waals surface area contributed by atoms with Crippen LogP contribution in [0.3, 0.4) is 0 Å². The molecule has 0 bridgehead atoms. The van der Waals surface area contributed by atoms with Crippen molar-refractivity contribution in [3.8, 4) is 11.5 Å². The van der Waals surface area contributed by atoms with E-state index in [1.54, 1.807) is 7.11 Å². The molecule has 4 rings (SSSR count). The van der Waals surface area contributed by atoms with E-state index in [0.29, 0.717) is 12.5 Å². The van der Waals surface area contributed by atoms with Gasteiger partial charge in [-0.3, -0.25) is 4.79 Å². The van der Waals surface area contributed by atoms with Crippen LogP contribution in [0.15, 0.2) is 60.7 Å². The molecule has 1 heterocycles. The highest BCUT2D eigenvalue weighted by atomic mass is 16.7. The van der Waals surface area contributed by atoms with Crippen LogP contribution in [0.4, 0.5) is 5.69 Å². The molecular weight excluding hydrogens is 418 g/mol. The van der Waals surface area contributed by atoms with E-state index in [4.69, 9.17) is 18.9 Å². The molecule has 0 aromatic heterocycles. The Labute approximate surface area is 194 Å². The van der Waals surface area contributed by atoms with Gasteiger partial charge in [-0.2, -0.15) is 0 Å². The number of nitrogens with one attached hydrogen (secondary N) is 1. The van der Waals surface area contributed by atoms with Gasteiger partial charge in [-0.05, 0) is 37.1 Å². The van der Waals surface area contributed by atoms with Crippen molar-refractivity contribution in [2.45, 2.75) is 27.1 Å². The molecular formula is C27H31NO5. The third kappa shape index (κ3) is 5.13. The van der Waals surface area contributed by atoms with Gasteiger partial charge in [0.1, 0.15) is 11.5 Å². The fourth-order valence-corrected chi connectivity index (χ4v) is 3.73. The number of anilines is 1. The van der Waals surface area contributed by atoms with E-state index in [2.05, 4.69) is 19.2 Å². The largest absolute Gasteiger partial charge is 0.497 e. The van der Waals surface area contributed by atoms with E-state index in [1.165, 1.54) is 0 Å². The molecule has 0 spiro atoms. The second kappa shape index (κ2) is 9.81. The molecule has 0 saturated carbocycles. The van der Waals surface area contributed by atoms with Crippen LogP contribution in [0.1, 0.15) is 32.6 Å². The van der Waals surface area contributed by atoms with Crippen LogP contribution < -0.4 is 14.8 Å². The van der Waals surface area contributed by atoms with E-state index in [1.807, 2.05) is 67.6 Å². The van der Waals surface area contributed by atoms with Crippen molar-refractivity contribution < 1.29 is 23.7 Å². The van der Waals surface area contributed by atoms with Gasteiger partial charge in [-0.1, -0.05) is 50.2 Å². The molecule has 1 aliphatic rings. The van der Waals surface area contributed by atoms with Crippen molar-refractivity contribution in [2.24, 2.45) is 11.3 Å². The van der Waals surface area contributed by atoms with Gasteiger partial charge in [-0.25, -0.2) is 0 Å². The molecule has 3 aromatic carbocycles. The van der Waals surface area contributed by atoms with Crippen molar-refractivity contribution in [3.05, 3.63) is 66.2 Å². The summed E-state index contributed by atoms with van der Waals surface area (Å²) < 4.78 is 23.0. The summed E-state index contributed by atoms with van der Waals surface area (Å²) >= 11 is 0. The van der Waals surface area contributed by atoms with Gasteiger partial charge in [-0.15, -0.1) is 0 Å². The summed E-state index contributed by atoms with van der Waals surface area (Å²) in [6.07, 6.45) is -0.505. The summed E-state index contributed by atoms with van der Waals surface area (Å²) in [4.78, 5) is 13.2. The van der Waals surface area contributed by atoms with Gasteiger partial charge in [0.25, 0.3) is 0 Å². The lowest BCUT2D eigenvalue weighted by atomic mass is 9.90. The van der Waals surface area contributed by atoms with Gasteiger partial charge in [0.15, 0.2) is 6.29 Å². The predicted molar refractivity (Wildman–Crippen MR) is 129 cm³/mol. The average molecular weight is 450 g/mol. The Morgan fingerprint density at radius 3 is 2.33 bits per heavy atom. The Balaban J connectivity index is 1.46. The summed E-state index contributed by atoms with van der Waals surface area (Å²) in [6.45, 7) is 7.23. The average Bonchev–Trinajstić information content (AvgIpc) is 2.84. The number of methoxy groups -OCH3 is 1. The van der Waals surface area contributed by atoms with E-state index in [-0.39, 0.29) is 19.1 Å². The van der Waals surface area contributed by atoms with Crippen LogP contribution >= 0.6 is 0 Å². The summed E-state index contributed by atoms with van der Waals surface area (Å²) in [5, 5.41) is 4.99. The highest BCUT2D eigenvalue weighted by Crippen LogP contribution is 2.36.